The van der Waals surface area contributed by atoms with Crippen LogP contribution in [0.15, 0.2) is 0 Å². The van der Waals surface area contributed by atoms with Gasteiger partial charge in [0.25, 0.3) is 5.91 Å². The number of hydrogen-bond acceptors (Lipinski definition) is 6. The Morgan fingerprint density at radius 2 is 1.94 bits per heavy atom. The number of carbonyl (C=O) groups is 3. The molecule has 0 rings (SSSR count). The minimum absolute atomic E-state index is 0.0345. The Kier molecular flexibility index (Phi) is 6.86. The molecule has 0 aromatic carbocycles. The lowest BCUT2D eigenvalue weighted by Crippen LogP contribution is -2.42. The van der Waals surface area contributed by atoms with Crippen LogP contribution in [0.4, 0.5) is 0 Å². The first-order chi connectivity index (χ1) is 7.42. The van der Waals surface area contributed by atoms with Gasteiger partial charge < -0.3 is 16.8 Å². The fraction of sp³-hybridized carbons (Fsp3) is 0.500. The molecular formula is C8H13N3O3S2. The molecule has 0 aliphatic heterocycles. The molecule has 0 spiro atoms. The molecule has 0 unspecified atom stereocenters. The van der Waals surface area contributed by atoms with Crippen molar-refractivity contribution in [3.63, 3.8) is 0 Å². The number of thiocarbonyl (C=S) groups is 1. The zero-order valence-corrected chi connectivity index (χ0v) is 10.1. The molecule has 2 amide bonds. The van der Waals surface area contributed by atoms with Gasteiger partial charge in [0.15, 0.2) is 4.99 Å². The maximum Gasteiger partial charge on any atom is 0.276 e. The van der Waals surface area contributed by atoms with Gasteiger partial charge in [-0.1, -0.05) is 12.2 Å². The maximum absolute atomic E-state index is 11.5. The number of hydrogen-bond donors (Lipinski definition) is 4. The summed E-state index contributed by atoms with van der Waals surface area (Å²) in [6.45, 7) is -0.141. The van der Waals surface area contributed by atoms with E-state index in [0.29, 0.717) is 0 Å². The molecule has 90 valence electrons. The number of nitrogens with one attached hydrogen (secondary N) is 1. The Morgan fingerprint density at radius 1 is 1.38 bits per heavy atom. The summed E-state index contributed by atoms with van der Waals surface area (Å²) in [6, 6.07) is 0. The monoisotopic (exact) mass is 263 g/mol. The third kappa shape index (κ3) is 5.19. The predicted octanol–water partition coefficient (Wildman–Crippen LogP) is -1.62. The average Bonchev–Trinajstić information content (AvgIpc) is 2.24. The predicted molar refractivity (Wildman–Crippen MR) is 66.0 cm³/mol. The fourth-order valence-corrected chi connectivity index (χ4v) is 1.27. The fourth-order valence-electron chi connectivity index (χ4n) is 0.874. The van der Waals surface area contributed by atoms with E-state index in [1.807, 2.05) is 0 Å². The SMILES string of the molecule is NCC(=O)C[C@@H](CS)C(=O)NC(=S)C(N)=O. The van der Waals surface area contributed by atoms with Crippen molar-refractivity contribution in [3.8, 4) is 0 Å². The zero-order valence-electron chi connectivity index (χ0n) is 8.43. The van der Waals surface area contributed by atoms with Gasteiger partial charge >= 0.3 is 0 Å². The van der Waals surface area contributed by atoms with E-state index in [1.165, 1.54) is 0 Å². The van der Waals surface area contributed by atoms with E-state index in [-0.39, 0.29) is 29.5 Å². The minimum Gasteiger partial charge on any atom is -0.364 e. The third-order valence-corrected chi connectivity index (χ3v) is 2.50. The highest BCUT2D eigenvalue weighted by molar-refractivity contribution is 7.82. The molecule has 0 fully saturated rings. The van der Waals surface area contributed by atoms with Crippen LogP contribution >= 0.6 is 24.8 Å². The Balaban J connectivity index is 4.37. The summed E-state index contributed by atoms with van der Waals surface area (Å²) in [5.74, 6) is -2.23. The molecule has 0 aliphatic rings. The quantitative estimate of drug-likeness (QED) is 0.351. The van der Waals surface area contributed by atoms with Gasteiger partial charge in [-0.3, -0.25) is 14.4 Å². The van der Waals surface area contributed by atoms with Gasteiger partial charge in [-0.05, 0) is 0 Å². The van der Waals surface area contributed by atoms with Crippen molar-refractivity contribution in [2.24, 2.45) is 17.4 Å². The molecule has 0 bridgehead atoms. The number of thiol groups is 1. The lowest BCUT2D eigenvalue weighted by molar-refractivity contribution is -0.127. The van der Waals surface area contributed by atoms with Gasteiger partial charge in [0.05, 0.1) is 12.5 Å². The molecule has 0 aromatic heterocycles. The van der Waals surface area contributed by atoms with Crippen molar-refractivity contribution in [3.05, 3.63) is 0 Å². The summed E-state index contributed by atoms with van der Waals surface area (Å²) >= 11 is 8.45. The summed E-state index contributed by atoms with van der Waals surface area (Å²) in [4.78, 5) is 32.7. The van der Waals surface area contributed by atoms with Crippen LogP contribution < -0.4 is 16.8 Å². The maximum atomic E-state index is 11.5. The lowest BCUT2D eigenvalue weighted by Gasteiger charge is -2.12. The molecule has 0 aliphatic carbocycles. The van der Waals surface area contributed by atoms with Gasteiger partial charge in [0, 0.05) is 12.2 Å². The topological polar surface area (TPSA) is 115 Å². The molecule has 16 heavy (non-hydrogen) atoms. The van der Waals surface area contributed by atoms with Crippen LogP contribution in [0.5, 0.6) is 0 Å². The molecule has 0 saturated carbocycles. The van der Waals surface area contributed by atoms with Gasteiger partial charge in [-0.25, -0.2) is 0 Å². The van der Waals surface area contributed by atoms with Crippen LogP contribution in [0.3, 0.4) is 0 Å². The van der Waals surface area contributed by atoms with Gasteiger partial charge in [-0.2, -0.15) is 12.6 Å². The van der Waals surface area contributed by atoms with E-state index < -0.39 is 17.7 Å². The van der Waals surface area contributed by atoms with E-state index >= 15 is 0 Å². The number of primary amides is 1. The van der Waals surface area contributed by atoms with E-state index in [0.717, 1.165) is 0 Å². The highest BCUT2D eigenvalue weighted by Gasteiger charge is 2.21. The van der Waals surface area contributed by atoms with Crippen LogP contribution in [0.25, 0.3) is 0 Å². The first-order valence-corrected chi connectivity index (χ1v) is 5.43. The van der Waals surface area contributed by atoms with Crippen LogP contribution in [0, 0.1) is 5.92 Å². The van der Waals surface area contributed by atoms with E-state index in [1.54, 1.807) is 0 Å². The van der Waals surface area contributed by atoms with E-state index in [4.69, 9.17) is 11.5 Å². The number of Topliss-reactive ketones (excluding diaryl/α,β-unsaturated/α-hetero) is 1. The molecule has 5 N–H and O–H groups in total. The van der Waals surface area contributed by atoms with Crippen molar-refractivity contribution >= 4 is 47.4 Å². The standard InChI is InChI=1S/C8H13N3O3S2/c9-2-5(12)1-4(3-15)7(14)11-8(16)6(10)13/h4,15H,1-3,9H2,(H2,10,13)(H,11,14,16)/t4-/m0/s1. The number of ketones is 1. The number of rotatable bonds is 5. The highest BCUT2D eigenvalue weighted by Crippen LogP contribution is 2.06. The number of carbonyl (C=O) groups excluding carboxylic acids is 3. The molecule has 0 heterocycles. The van der Waals surface area contributed by atoms with Crippen molar-refractivity contribution < 1.29 is 14.4 Å². The first-order valence-electron chi connectivity index (χ1n) is 4.39. The van der Waals surface area contributed by atoms with E-state index in [2.05, 4.69) is 30.2 Å². The molecule has 6 nitrogen and oxygen atoms in total. The van der Waals surface area contributed by atoms with Gasteiger partial charge in [0.1, 0.15) is 5.78 Å². The van der Waals surface area contributed by atoms with Crippen LogP contribution in [-0.4, -0.2) is 34.9 Å². The highest BCUT2D eigenvalue weighted by atomic mass is 32.1. The Bertz CT molecular complexity index is 320. The van der Waals surface area contributed by atoms with Crippen LogP contribution in [0.2, 0.25) is 0 Å². The average molecular weight is 263 g/mol. The van der Waals surface area contributed by atoms with Crippen molar-refractivity contribution in [1.29, 1.82) is 0 Å². The largest absolute Gasteiger partial charge is 0.364 e. The molecule has 0 saturated heterocycles. The number of amides is 2. The van der Waals surface area contributed by atoms with Crippen LogP contribution in [0.1, 0.15) is 6.42 Å². The lowest BCUT2D eigenvalue weighted by atomic mass is 10.0. The summed E-state index contributed by atoms with van der Waals surface area (Å²) in [7, 11) is 0. The minimum atomic E-state index is -0.897. The summed E-state index contributed by atoms with van der Waals surface area (Å²) in [6.07, 6.45) is -0.0345. The smallest absolute Gasteiger partial charge is 0.276 e. The Morgan fingerprint density at radius 3 is 2.31 bits per heavy atom. The molecular weight excluding hydrogens is 250 g/mol. The number of nitrogens with two attached hydrogens (primary N) is 2. The second-order valence-corrected chi connectivity index (χ2v) is 3.78. The molecule has 0 radical (unpaired) electrons. The van der Waals surface area contributed by atoms with Crippen molar-refractivity contribution in [2.75, 3.05) is 12.3 Å². The third-order valence-electron chi connectivity index (χ3n) is 1.75. The van der Waals surface area contributed by atoms with E-state index in [9.17, 15) is 14.4 Å². The summed E-state index contributed by atoms with van der Waals surface area (Å²) in [5.41, 5.74) is 9.97. The van der Waals surface area contributed by atoms with Gasteiger partial charge in [-0.15, -0.1) is 0 Å². The second kappa shape index (κ2) is 7.31. The molecule has 1 atom stereocenters. The Labute approximate surface area is 104 Å². The zero-order chi connectivity index (χ0) is 12.7. The second-order valence-electron chi connectivity index (χ2n) is 3.01. The first kappa shape index (κ1) is 15.0. The van der Waals surface area contributed by atoms with Crippen molar-refractivity contribution in [2.45, 2.75) is 6.42 Å². The summed E-state index contributed by atoms with van der Waals surface area (Å²) in [5, 5.41) is 2.14. The molecule has 8 heteroatoms. The van der Waals surface area contributed by atoms with Crippen LogP contribution in [-0.2, 0) is 14.4 Å². The van der Waals surface area contributed by atoms with Gasteiger partial charge in [0.2, 0.25) is 5.91 Å². The summed E-state index contributed by atoms with van der Waals surface area (Å²) < 4.78 is 0. The molecule has 0 aromatic rings. The van der Waals surface area contributed by atoms with Crippen molar-refractivity contribution in [1.82, 2.24) is 5.32 Å². The Hall–Kier alpha value is -0.990. The normalized spacial score (nSPS) is 11.6.